The molecule has 3 aliphatic rings. The normalized spacial score (nSPS) is 36.0. The predicted octanol–water partition coefficient (Wildman–Crippen LogP) is 2.88. The van der Waals surface area contributed by atoms with Crippen LogP contribution < -0.4 is 5.32 Å². The van der Waals surface area contributed by atoms with E-state index in [0.29, 0.717) is 19.6 Å². The van der Waals surface area contributed by atoms with Crippen molar-refractivity contribution in [3.05, 3.63) is 0 Å². The summed E-state index contributed by atoms with van der Waals surface area (Å²) >= 11 is 0. The quantitative estimate of drug-likeness (QED) is 0.829. The second-order valence-corrected chi connectivity index (χ2v) is 8.50. The van der Waals surface area contributed by atoms with E-state index in [4.69, 9.17) is 4.74 Å². The van der Waals surface area contributed by atoms with Crippen LogP contribution in [0.25, 0.3) is 0 Å². The van der Waals surface area contributed by atoms with Crippen molar-refractivity contribution in [3.8, 4) is 0 Å². The standard InChI is InChI=1S/C20H34N2O3/c1-15-3-5-16(6-4-15)19(24)21-17-7-10-20(11-8-17)12-9-18(23)22(20)13-14-25-2/h15-17H,3-14H2,1-2H3,(H,21,24). The maximum absolute atomic E-state index is 12.6. The number of ether oxygens (including phenoxy) is 1. The van der Waals surface area contributed by atoms with Crippen LogP contribution in [0.3, 0.4) is 0 Å². The maximum atomic E-state index is 12.6. The van der Waals surface area contributed by atoms with Gasteiger partial charge in [-0.15, -0.1) is 0 Å². The number of carbonyl (C=O) groups excluding carboxylic acids is 2. The number of carbonyl (C=O) groups is 2. The Morgan fingerprint density at radius 1 is 1.16 bits per heavy atom. The third kappa shape index (κ3) is 4.18. The molecular formula is C20H34N2O3. The van der Waals surface area contributed by atoms with Crippen molar-refractivity contribution >= 4 is 11.8 Å². The number of nitrogens with one attached hydrogen (secondary N) is 1. The highest BCUT2D eigenvalue weighted by Crippen LogP contribution is 2.42. The zero-order valence-corrected chi connectivity index (χ0v) is 15.9. The van der Waals surface area contributed by atoms with Gasteiger partial charge >= 0.3 is 0 Å². The summed E-state index contributed by atoms with van der Waals surface area (Å²) in [6.45, 7) is 3.59. The lowest BCUT2D eigenvalue weighted by Crippen LogP contribution is -2.52. The number of likely N-dealkylation sites (tertiary alicyclic amines) is 1. The molecule has 5 heteroatoms. The van der Waals surface area contributed by atoms with Crippen LogP contribution in [0, 0.1) is 11.8 Å². The summed E-state index contributed by atoms with van der Waals surface area (Å²) in [5, 5.41) is 3.31. The Morgan fingerprint density at radius 2 is 1.84 bits per heavy atom. The number of hydrogen-bond acceptors (Lipinski definition) is 3. The molecule has 0 radical (unpaired) electrons. The van der Waals surface area contributed by atoms with Gasteiger partial charge < -0.3 is 15.0 Å². The van der Waals surface area contributed by atoms with Gasteiger partial charge in [-0.25, -0.2) is 0 Å². The van der Waals surface area contributed by atoms with Crippen molar-refractivity contribution in [2.45, 2.75) is 82.7 Å². The Morgan fingerprint density at radius 3 is 2.48 bits per heavy atom. The molecule has 3 fully saturated rings. The summed E-state index contributed by atoms with van der Waals surface area (Å²) in [5.41, 5.74) is 0.0249. The van der Waals surface area contributed by atoms with Crippen molar-refractivity contribution in [2.24, 2.45) is 11.8 Å². The molecule has 142 valence electrons. The number of hydrogen-bond donors (Lipinski definition) is 1. The maximum Gasteiger partial charge on any atom is 0.223 e. The van der Waals surface area contributed by atoms with Gasteiger partial charge in [0.15, 0.2) is 0 Å². The van der Waals surface area contributed by atoms with E-state index < -0.39 is 0 Å². The van der Waals surface area contributed by atoms with E-state index >= 15 is 0 Å². The van der Waals surface area contributed by atoms with Crippen LogP contribution in [0.15, 0.2) is 0 Å². The molecule has 1 saturated heterocycles. The molecule has 1 N–H and O–H groups in total. The molecule has 1 heterocycles. The second-order valence-electron chi connectivity index (χ2n) is 8.50. The highest BCUT2D eigenvalue weighted by atomic mass is 16.5. The minimum Gasteiger partial charge on any atom is -0.383 e. The van der Waals surface area contributed by atoms with Gasteiger partial charge in [-0.1, -0.05) is 6.92 Å². The first-order valence-corrected chi connectivity index (χ1v) is 10.1. The third-order valence-electron chi connectivity index (χ3n) is 6.85. The minimum atomic E-state index is 0.0249. The molecule has 0 aromatic carbocycles. The van der Waals surface area contributed by atoms with Gasteiger partial charge in [0.25, 0.3) is 0 Å². The molecule has 25 heavy (non-hydrogen) atoms. The minimum absolute atomic E-state index is 0.0249. The van der Waals surface area contributed by atoms with Gasteiger partial charge in [0.2, 0.25) is 11.8 Å². The molecule has 0 unspecified atom stereocenters. The summed E-state index contributed by atoms with van der Waals surface area (Å²) < 4.78 is 5.18. The van der Waals surface area contributed by atoms with E-state index in [2.05, 4.69) is 17.1 Å². The zero-order valence-electron chi connectivity index (χ0n) is 15.9. The van der Waals surface area contributed by atoms with Crippen LogP contribution in [0.1, 0.15) is 71.1 Å². The van der Waals surface area contributed by atoms with Gasteiger partial charge in [-0.2, -0.15) is 0 Å². The van der Waals surface area contributed by atoms with Crippen molar-refractivity contribution in [3.63, 3.8) is 0 Å². The lowest BCUT2D eigenvalue weighted by atomic mass is 9.77. The summed E-state index contributed by atoms with van der Waals surface area (Å²) in [7, 11) is 1.69. The average molecular weight is 351 g/mol. The molecule has 0 aromatic rings. The number of amides is 2. The third-order valence-corrected chi connectivity index (χ3v) is 6.85. The average Bonchev–Trinajstić information content (AvgIpc) is 2.91. The predicted molar refractivity (Wildman–Crippen MR) is 97.1 cm³/mol. The van der Waals surface area contributed by atoms with Crippen LogP contribution >= 0.6 is 0 Å². The first kappa shape index (κ1) is 18.7. The van der Waals surface area contributed by atoms with Crippen LogP contribution in [0.2, 0.25) is 0 Å². The molecule has 3 rings (SSSR count). The summed E-state index contributed by atoms with van der Waals surface area (Å²) in [4.78, 5) is 26.9. The Kier molecular flexibility index (Phi) is 6.03. The van der Waals surface area contributed by atoms with Gasteiger partial charge in [0, 0.05) is 37.6 Å². The molecule has 0 bridgehead atoms. The van der Waals surface area contributed by atoms with E-state index in [0.717, 1.165) is 50.9 Å². The van der Waals surface area contributed by atoms with Gasteiger partial charge in [0.1, 0.15) is 0 Å². The van der Waals surface area contributed by atoms with Gasteiger partial charge in [-0.05, 0) is 63.7 Å². The summed E-state index contributed by atoms with van der Waals surface area (Å²) in [6, 6.07) is 0.289. The van der Waals surface area contributed by atoms with Crippen LogP contribution in [0.4, 0.5) is 0 Å². The highest BCUT2D eigenvalue weighted by molar-refractivity contribution is 5.80. The monoisotopic (exact) mass is 350 g/mol. The molecule has 2 saturated carbocycles. The SMILES string of the molecule is COCCN1C(=O)CCC12CCC(NC(=O)C1CCC(C)CC1)CC2. The van der Waals surface area contributed by atoms with Crippen LogP contribution in [0.5, 0.6) is 0 Å². The van der Waals surface area contributed by atoms with Crippen LogP contribution in [-0.4, -0.2) is 48.6 Å². The van der Waals surface area contributed by atoms with Crippen molar-refractivity contribution in [1.29, 1.82) is 0 Å². The van der Waals surface area contributed by atoms with Crippen molar-refractivity contribution in [2.75, 3.05) is 20.3 Å². The Hall–Kier alpha value is -1.10. The zero-order chi connectivity index (χ0) is 17.9. The molecule has 1 aliphatic heterocycles. The molecule has 0 aromatic heterocycles. The fourth-order valence-electron chi connectivity index (χ4n) is 5.08. The van der Waals surface area contributed by atoms with Crippen molar-refractivity contribution in [1.82, 2.24) is 10.2 Å². The van der Waals surface area contributed by atoms with E-state index in [1.54, 1.807) is 7.11 Å². The number of nitrogens with zero attached hydrogens (tertiary/aromatic N) is 1. The fourth-order valence-corrected chi connectivity index (χ4v) is 5.08. The molecular weight excluding hydrogens is 316 g/mol. The summed E-state index contributed by atoms with van der Waals surface area (Å²) in [5.74, 6) is 1.54. The fraction of sp³-hybridized carbons (Fsp3) is 0.900. The number of rotatable bonds is 5. The lowest BCUT2D eigenvalue weighted by Gasteiger charge is -2.44. The smallest absolute Gasteiger partial charge is 0.223 e. The molecule has 0 atom stereocenters. The Balaban J connectivity index is 1.49. The first-order chi connectivity index (χ1) is 12.0. The lowest BCUT2D eigenvalue weighted by molar-refractivity contribution is -0.134. The topological polar surface area (TPSA) is 58.6 Å². The van der Waals surface area contributed by atoms with E-state index in [9.17, 15) is 9.59 Å². The molecule has 5 nitrogen and oxygen atoms in total. The second kappa shape index (κ2) is 8.07. The highest BCUT2D eigenvalue weighted by Gasteiger charge is 2.47. The molecule has 2 aliphatic carbocycles. The largest absolute Gasteiger partial charge is 0.383 e. The summed E-state index contributed by atoms with van der Waals surface area (Å²) in [6.07, 6.45) is 10.1. The molecule has 1 spiro atoms. The van der Waals surface area contributed by atoms with Gasteiger partial charge in [0.05, 0.1) is 6.61 Å². The van der Waals surface area contributed by atoms with E-state index in [1.165, 1.54) is 12.8 Å². The first-order valence-electron chi connectivity index (χ1n) is 10.1. The van der Waals surface area contributed by atoms with Crippen LogP contribution in [-0.2, 0) is 14.3 Å². The van der Waals surface area contributed by atoms with E-state index in [1.807, 2.05) is 0 Å². The Labute approximate surface area is 151 Å². The van der Waals surface area contributed by atoms with Crippen molar-refractivity contribution < 1.29 is 14.3 Å². The molecule has 2 amide bonds. The van der Waals surface area contributed by atoms with E-state index in [-0.39, 0.29) is 29.3 Å². The number of methoxy groups -OCH3 is 1. The van der Waals surface area contributed by atoms with Gasteiger partial charge in [-0.3, -0.25) is 9.59 Å². The Bertz CT molecular complexity index is 477.